The Bertz CT molecular complexity index is 278. The van der Waals surface area contributed by atoms with Gasteiger partial charge >= 0.3 is 0 Å². The summed E-state index contributed by atoms with van der Waals surface area (Å²) in [7, 11) is 0. The molecule has 0 aliphatic carbocycles. The number of rotatable bonds is 2. The molecule has 1 fully saturated rings. The minimum atomic E-state index is -0.416. The molecule has 0 bridgehead atoms. The van der Waals surface area contributed by atoms with Gasteiger partial charge in [0.1, 0.15) is 0 Å². The van der Waals surface area contributed by atoms with E-state index in [1.54, 1.807) is 17.8 Å². The zero-order valence-corrected chi connectivity index (χ0v) is 7.18. The predicted molar refractivity (Wildman–Crippen MR) is 44.7 cm³/mol. The first-order valence-corrected chi connectivity index (χ1v) is 4.59. The Morgan fingerprint density at radius 3 is 2.92 bits per heavy atom. The van der Waals surface area contributed by atoms with Crippen molar-refractivity contribution in [3.8, 4) is 0 Å². The fourth-order valence-electron chi connectivity index (χ4n) is 0.908. The molecule has 0 amide bonds. The zero-order chi connectivity index (χ0) is 8.39. The summed E-state index contributed by atoms with van der Waals surface area (Å²) in [6, 6.07) is 4.83. The third-order valence-corrected chi connectivity index (χ3v) is 2.66. The summed E-state index contributed by atoms with van der Waals surface area (Å²) in [5, 5.41) is 1.20. The molecule has 0 atom stereocenters. The van der Waals surface area contributed by atoms with Crippen molar-refractivity contribution < 1.29 is 9.13 Å². The van der Waals surface area contributed by atoms with E-state index in [1.807, 2.05) is 6.07 Å². The lowest BCUT2D eigenvalue weighted by molar-refractivity contribution is 0.0454. The first-order valence-electron chi connectivity index (χ1n) is 3.71. The molecule has 0 spiro atoms. The number of aromatic nitrogens is 1. The highest BCUT2D eigenvalue weighted by molar-refractivity contribution is 8.00. The van der Waals surface area contributed by atoms with Crippen LogP contribution in [0.25, 0.3) is 0 Å². The maximum Gasteiger partial charge on any atom is 0.213 e. The van der Waals surface area contributed by atoms with E-state index in [2.05, 4.69) is 4.98 Å². The predicted octanol–water partition coefficient (Wildman–Crippen LogP) is 1.71. The highest BCUT2D eigenvalue weighted by atomic mass is 32.2. The minimum Gasteiger partial charge on any atom is -0.379 e. The van der Waals surface area contributed by atoms with Crippen LogP contribution in [0.2, 0.25) is 0 Å². The van der Waals surface area contributed by atoms with Gasteiger partial charge in [-0.15, -0.1) is 0 Å². The lowest BCUT2D eigenvalue weighted by atomic mass is 10.4. The summed E-state index contributed by atoms with van der Waals surface area (Å²) in [5.74, 6) is -0.416. The van der Waals surface area contributed by atoms with Crippen molar-refractivity contribution in [2.75, 3.05) is 13.2 Å². The molecular formula is C8H8FNOS. The van der Waals surface area contributed by atoms with Gasteiger partial charge in [0, 0.05) is 0 Å². The molecule has 0 unspecified atom stereocenters. The van der Waals surface area contributed by atoms with Gasteiger partial charge in [-0.1, -0.05) is 17.8 Å². The van der Waals surface area contributed by atoms with Crippen LogP contribution in [0.5, 0.6) is 0 Å². The molecule has 2 nitrogen and oxygen atoms in total. The topological polar surface area (TPSA) is 22.1 Å². The third kappa shape index (κ3) is 1.76. The van der Waals surface area contributed by atoms with Gasteiger partial charge in [-0.3, -0.25) is 0 Å². The number of nitrogens with zero attached hydrogens (tertiary/aromatic N) is 1. The monoisotopic (exact) mass is 185 g/mol. The standard InChI is InChI=1S/C8H8FNOS/c9-7-2-1-3-8(10-7)12-6-4-11-5-6/h1-3,6H,4-5H2. The molecule has 1 saturated heterocycles. The van der Waals surface area contributed by atoms with Gasteiger partial charge in [-0.25, -0.2) is 4.98 Å². The van der Waals surface area contributed by atoms with Gasteiger partial charge in [0.2, 0.25) is 5.95 Å². The first kappa shape index (κ1) is 8.01. The number of halogens is 1. The molecule has 1 aliphatic heterocycles. The molecular weight excluding hydrogens is 177 g/mol. The first-order chi connectivity index (χ1) is 5.84. The van der Waals surface area contributed by atoms with Crippen LogP contribution in [0, 0.1) is 5.95 Å². The number of ether oxygens (including phenoxy) is 1. The molecule has 0 N–H and O–H groups in total. The van der Waals surface area contributed by atoms with E-state index >= 15 is 0 Å². The van der Waals surface area contributed by atoms with Crippen molar-refractivity contribution in [2.24, 2.45) is 0 Å². The Morgan fingerprint density at radius 2 is 2.33 bits per heavy atom. The summed E-state index contributed by atoms with van der Waals surface area (Å²) < 4.78 is 17.6. The Hall–Kier alpha value is -0.610. The highest BCUT2D eigenvalue weighted by Gasteiger charge is 2.19. The van der Waals surface area contributed by atoms with Crippen molar-refractivity contribution in [3.05, 3.63) is 24.1 Å². The number of pyridine rings is 1. The Kier molecular flexibility index (Phi) is 2.28. The summed E-state index contributed by atoms with van der Waals surface area (Å²) in [6.07, 6.45) is 0. The third-order valence-electron chi connectivity index (χ3n) is 1.58. The van der Waals surface area contributed by atoms with Crippen LogP contribution in [0.4, 0.5) is 4.39 Å². The Balaban J connectivity index is 2.02. The van der Waals surface area contributed by atoms with Crippen LogP contribution in [0.3, 0.4) is 0 Å². The van der Waals surface area contributed by atoms with Crippen LogP contribution in [0.1, 0.15) is 0 Å². The zero-order valence-electron chi connectivity index (χ0n) is 6.37. The average molecular weight is 185 g/mol. The largest absolute Gasteiger partial charge is 0.379 e. The normalized spacial score (nSPS) is 17.4. The van der Waals surface area contributed by atoms with E-state index < -0.39 is 5.95 Å². The molecule has 0 aromatic carbocycles. The molecule has 1 aromatic rings. The summed E-state index contributed by atoms with van der Waals surface area (Å²) in [5.41, 5.74) is 0. The van der Waals surface area contributed by atoms with Crippen molar-refractivity contribution in [2.45, 2.75) is 10.3 Å². The van der Waals surface area contributed by atoms with Crippen molar-refractivity contribution >= 4 is 11.8 Å². The van der Waals surface area contributed by atoms with Crippen molar-refractivity contribution in [1.82, 2.24) is 4.98 Å². The maximum atomic E-state index is 12.6. The number of thioether (sulfide) groups is 1. The molecule has 0 radical (unpaired) electrons. The molecule has 1 aliphatic rings. The van der Waals surface area contributed by atoms with Crippen LogP contribution >= 0.6 is 11.8 Å². The minimum absolute atomic E-state index is 0.416. The van der Waals surface area contributed by atoms with Crippen molar-refractivity contribution in [3.63, 3.8) is 0 Å². The second kappa shape index (κ2) is 3.41. The van der Waals surface area contributed by atoms with Gasteiger partial charge in [0.05, 0.1) is 23.5 Å². The summed E-state index contributed by atoms with van der Waals surface area (Å²) in [4.78, 5) is 3.74. The molecule has 0 saturated carbocycles. The number of hydrogen-bond acceptors (Lipinski definition) is 3. The van der Waals surface area contributed by atoms with Gasteiger partial charge in [-0.2, -0.15) is 4.39 Å². The second-order valence-corrected chi connectivity index (χ2v) is 3.90. The Labute approximate surface area is 74.1 Å². The van der Waals surface area contributed by atoms with E-state index in [-0.39, 0.29) is 0 Å². The fraction of sp³-hybridized carbons (Fsp3) is 0.375. The van der Waals surface area contributed by atoms with E-state index in [1.165, 1.54) is 6.07 Å². The van der Waals surface area contributed by atoms with Gasteiger partial charge in [0.25, 0.3) is 0 Å². The van der Waals surface area contributed by atoms with Crippen LogP contribution in [-0.2, 0) is 4.74 Å². The molecule has 1 aromatic heterocycles. The summed E-state index contributed by atoms with van der Waals surface area (Å²) >= 11 is 1.57. The van der Waals surface area contributed by atoms with Crippen LogP contribution in [-0.4, -0.2) is 23.4 Å². The smallest absolute Gasteiger partial charge is 0.213 e. The molecule has 12 heavy (non-hydrogen) atoms. The molecule has 4 heteroatoms. The summed E-state index contributed by atoms with van der Waals surface area (Å²) in [6.45, 7) is 1.51. The molecule has 64 valence electrons. The molecule has 2 heterocycles. The van der Waals surface area contributed by atoms with E-state index in [0.29, 0.717) is 5.25 Å². The average Bonchev–Trinajstić information content (AvgIpc) is 1.97. The van der Waals surface area contributed by atoms with Crippen LogP contribution < -0.4 is 0 Å². The van der Waals surface area contributed by atoms with Crippen molar-refractivity contribution in [1.29, 1.82) is 0 Å². The van der Waals surface area contributed by atoms with E-state index in [0.717, 1.165) is 18.2 Å². The highest BCUT2D eigenvalue weighted by Crippen LogP contribution is 2.25. The van der Waals surface area contributed by atoms with Gasteiger partial charge in [-0.05, 0) is 12.1 Å². The lowest BCUT2D eigenvalue weighted by Crippen LogP contribution is -2.30. The van der Waals surface area contributed by atoms with Gasteiger partial charge in [0.15, 0.2) is 0 Å². The van der Waals surface area contributed by atoms with Gasteiger partial charge < -0.3 is 4.74 Å². The van der Waals surface area contributed by atoms with Crippen LogP contribution in [0.15, 0.2) is 23.2 Å². The molecule has 2 rings (SSSR count). The fourth-order valence-corrected chi connectivity index (χ4v) is 1.88. The lowest BCUT2D eigenvalue weighted by Gasteiger charge is -2.24. The quantitative estimate of drug-likeness (QED) is 0.655. The number of hydrogen-bond donors (Lipinski definition) is 0. The Morgan fingerprint density at radius 1 is 1.50 bits per heavy atom. The second-order valence-electron chi connectivity index (χ2n) is 2.58. The van der Waals surface area contributed by atoms with E-state index in [9.17, 15) is 4.39 Å². The SMILES string of the molecule is Fc1cccc(SC2COC2)n1. The van der Waals surface area contributed by atoms with E-state index in [4.69, 9.17) is 4.74 Å². The maximum absolute atomic E-state index is 12.6.